The zero-order chi connectivity index (χ0) is 19.8. The summed E-state index contributed by atoms with van der Waals surface area (Å²) in [6.07, 6.45) is 15.4. The van der Waals surface area contributed by atoms with Crippen LogP contribution >= 0.6 is 0 Å². The molecule has 0 aromatic heterocycles. The van der Waals surface area contributed by atoms with Gasteiger partial charge in [0.1, 0.15) is 0 Å². The van der Waals surface area contributed by atoms with Crippen molar-refractivity contribution < 1.29 is 0 Å². The van der Waals surface area contributed by atoms with Crippen molar-refractivity contribution in [1.29, 1.82) is 0 Å². The van der Waals surface area contributed by atoms with Gasteiger partial charge in [0.05, 0.1) is 0 Å². The van der Waals surface area contributed by atoms with Crippen LogP contribution in [0.2, 0.25) is 0 Å². The molecular weight excluding hydrogens is 328 g/mol. The smallest absolute Gasteiger partial charge is 0.0462 e. The topological polar surface area (TPSA) is 15.3 Å². The summed E-state index contributed by atoms with van der Waals surface area (Å²) in [5.41, 5.74) is 5.48. The lowest BCUT2D eigenvalue weighted by molar-refractivity contribution is 0.122. The third-order valence-electron chi connectivity index (χ3n) is 6.00. The van der Waals surface area contributed by atoms with Crippen molar-refractivity contribution in [2.45, 2.75) is 90.1 Å². The van der Waals surface area contributed by atoms with E-state index < -0.39 is 0 Å². The second kappa shape index (κ2) is 10.6. The molecule has 0 heterocycles. The van der Waals surface area contributed by atoms with Crippen molar-refractivity contribution in [2.24, 2.45) is 0 Å². The monoisotopic (exact) mass is 368 g/mol. The Bertz CT molecular complexity index is 565. The molecule has 2 fully saturated rings. The molecule has 0 amide bonds. The number of nitrogens with zero attached hydrogens (tertiary/aromatic N) is 1. The summed E-state index contributed by atoms with van der Waals surface area (Å²) in [4.78, 5) is 2.73. The lowest BCUT2D eigenvalue weighted by Crippen LogP contribution is -2.45. The van der Waals surface area contributed by atoms with Crippen molar-refractivity contribution in [3.8, 4) is 0 Å². The summed E-state index contributed by atoms with van der Waals surface area (Å²) in [7, 11) is 0. The summed E-state index contributed by atoms with van der Waals surface area (Å²) in [5, 5.41) is 3.45. The van der Waals surface area contributed by atoms with Crippen LogP contribution in [0.1, 0.15) is 78.1 Å². The molecule has 0 spiro atoms. The Morgan fingerprint density at radius 3 is 1.74 bits per heavy atom. The van der Waals surface area contributed by atoms with E-state index in [2.05, 4.69) is 49.5 Å². The van der Waals surface area contributed by atoms with Crippen LogP contribution in [-0.2, 0) is 0 Å². The molecule has 2 saturated carbocycles. The molecular formula is C25H40N2. The van der Waals surface area contributed by atoms with Crippen LogP contribution in [0.5, 0.6) is 0 Å². The normalized spacial score (nSPS) is 19.8. The number of hydrogen-bond donors (Lipinski definition) is 1. The van der Waals surface area contributed by atoms with E-state index in [1.807, 2.05) is 6.92 Å². The molecule has 27 heavy (non-hydrogen) atoms. The maximum absolute atomic E-state index is 4.34. The fraction of sp³-hybridized carbons (Fsp3) is 0.600. The van der Waals surface area contributed by atoms with Gasteiger partial charge in [-0.3, -0.25) is 0 Å². The van der Waals surface area contributed by atoms with Gasteiger partial charge in [-0.15, -0.1) is 0 Å². The van der Waals surface area contributed by atoms with Crippen molar-refractivity contribution in [3.63, 3.8) is 0 Å². The zero-order valence-electron chi connectivity index (χ0n) is 17.8. The molecule has 2 aliphatic carbocycles. The Labute approximate surface area is 167 Å². The molecule has 2 rings (SSSR count). The Hall–Kier alpha value is -1.70. The molecule has 0 aromatic carbocycles. The third-order valence-corrected chi connectivity index (χ3v) is 6.00. The Kier molecular flexibility index (Phi) is 8.47. The highest BCUT2D eigenvalue weighted by molar-refractivity contribution is 5.49. The van der Waals surface area contributed by atoms with Crippen molar-refractivity contribution in [2.75, 3.05) is 6.54 Å². The van der Waals surface area contributed by atoms with Gasteiger partial charge in [0.2, 0.25) is 0 Å². The molecule has 0 atom stereocenters. The second-order valence-corrected chi connectivity index (χ2v) is 8.52. The highest BCUT2D eigenvalue weighted by Gasteiger charge is 2.31. The van der Waals surface area contributed by atoms with Gasteiger partial charge in [0.15, 0.2) is 0 Å². The van der Waals surface area contributed by atoms with E-state index in [0.29, 0.717) is 12.1 Å². The molecule has 0 saturated heterocycles. The van der Waals surface area contributed by atoms with Crippen molar-refractivity contribution >= 4 is 0 Å². The zero-order valence-corrected chi connectivity index (χ0v) is 17.8. The largest absolute Gasteiger partial charge is 0.381 e. The number of rotatable bonds is 9. The van der Waals surface area contributed by atoms with Gasteiger partial charge in [0.25, 0.3) is 0 Å². The Morgan fingerprint density at radius 1 is 0.889 bits per heavy atom. The summed E-state index contributed by atoms with van der Waals surface area (Å²) < 4.78 is 0. The lowest BCUT2D eigenvalue weighted by atomic mass is 9.87. The van der Waals surface area contributed by atoms with Gasteiger partial charge >= 0.3 is 0 Å². The number of nitrogens with one attached hydrogen (secondary N) is 1. The minimum Gasteiger partial charge on any atom is -0.381 e. The third kappa shape index (κ3) is 5.89. The standard InChI is InChI=1S/C25H40N2/c1-7-24(25(20(4)5)21(6)26-18-19(2)3)27(22-14-10-8-11-15-22)23-16-12-9-13-17-23/h7,22-23,26H,1-2,4,6,8-18H2,3,5H3/b25-24+. The van der Waals surface area contributed by atoms with E-state index in [1.165, 1.54) is 69.9 Å². The summed E-state index contributed by atoms with van der Waals surface area (Å²) >= 11 is 0. The van der Waals surface area contributed by atoms with E-state index in [-0.39, 0.29) is 0 Å². The Morgan fingerprint density at radius 2 is 1.37 bits per heavy atom. The van der Waals surface area contributed by atoms with Crippen LogP contribution in [0, 0.1) is 0 Å². The molecule has 0 bridgehead atoms. The van der Waals surface area contributed by atoms with Crippen LogP contribution in [0.4, 0.5) is 0 Å². The summed E-state index contributed by atoms with van der Waals surface area (Å²) in [6.45, 7) is 21.7. The molecule has 0 aliphatic heterocycles. The van der Waals surface area contributed by atoms with Gasteiger partial charge < -0.3 is 10.2 Å². The average Bonchev–Trinajstić information content (AvgIpc) is 2.67. The molecule has 0 aromatic rings. The van der Waals surface area contributed by atoms with Crippen molar-refractivity contribution in [1.82, 2.24) is 10.2 Å². The molecule has 0 unspecified atom stereocenters. The van der Waals surface area contributed by atoms with Gasteiger partial charge in [-0.25, -0.2) is 0 Å². The van der Waals surface area contributed by atoms with Gasteiger partial charge in [0, 0.05) is 35.6 Å². The molecule has 2 heteroatoms. The maximum Gasteiger partial charge on any atom is 0.0462 e. The molecule has 1 N–H and O–H groups in total. The van der Waals surface area contributed by atoms with Crippen LogP contribution in [0.15, 0.2) is 60.5 Å². The van der Waals surface area contributed by atoms with E-state index in [4.69, 9.17) is 0 Å². The number of allylic oxidation sites excluding steroid dienone is 2. The average molecular weight is 369 g/mol. The quantitative estimate of drug-likeness (QED) is 0.362. The molecule has 2 nitrogen and oxygen atoms in total. The first-order chi connectivity index (χ1) is 13.0. The lowest BCUT2D eigenvalue weighted by Gasteiger charge is -2.45. The van der Waals surface area contributed by atoms with E-state index in [1.54, 1.807) is 0 Å². The van der Waals surface area contributed by atoms with Gasteiger partial charge in [-0.05, 0) is 51.2 Å². The fourth-order valence-corrected chi connectivity index (χ4v) is 4.72. The van der Waals surface area contributed by atoms with Crippen LogP contribution < -0.4 is 5.32 Å². The summed E-state index contributed by atoms with van der Waals surface area (Å²) in [6, 6.07) is 1.25. The summed E-state index contributed by atoms with van der Waals surface area (Å²) in [5.74, 6) is 0. The predicted molar refractivity (Wildman–Crippen MR) is 120 cm³/mol. The fourth-order valence-electron chi connectivity index (χ4n) is 4.72. The molecule has 0 radical (unpaired) electrons. The van der Waals surface area contributed by atoms with Gasteiger partial charge in [-0.2, -0.15) is 0 Å². The van der Waals surface area contributed by atoms with Crippen LogP contribution in [0.3, 0.4) is 0 Å². The van der Waals surface area contributed by atoms with Crippen LogP contribution in [0.25, 0.3) is 0 Å². The number of hydrogen-bond acceptors (Lipinski definition) is 2. The van der Waals surface area contributed by atoms with Crippen molar-refractivity contribution in [3.05, 3.63) is 60.5 Å². The first-order valence-corrected chi connectivity index (χ1v) is 10.8. The van der Waals surface area contributed by atoms with E-state index in [0.717, 1.165) is 29.0 Å². The highest BCUT2D eigenvalue weighted by Crippen LogP contribution is 2.36. The molecule has 150 valence electrons. The first kappa shape index (κ1) is 21.6. The Balaban J connectivity index is 2.42. The minimum absolute atomic E-state index is 0.623. The van der Waals surface area contributed by atoms with E-state index >= 15 is 0 Å². The molecule has 2 aliphatic rings. The first-order valence-electron chi connectivity index (χ1n) is 10.8. The second-order valence-electron chi connectivity index (χ2n) is 8.52. The highest BCUT2D eigenvalue weighted by atomic mass is 15.2. The van der Waals surface area contributed by atoms with Gasteiger partial charge in [-0.1, -0.05) is 70.4 Å². The van der Waals surface area contributed by atoms with Crippen LogP contribution in [-0.4, -0.2) is 23.5 Å². The van der Waals surface area contributed by atoms with E-state index in [9.17, 15) is 0 Å². The minimum atomic E-state index is 0.623. The SMILES string of the molecule is C=C/C(=C(/C(=C)C)C(=C)NCC(=C)C)N(C1CCCCC1)C1CCCCC1. The maximum atomic E-state index is 4.34. The predicted octanol–water partition coefficient (Wildman–Crippen LogP) is 6.65.